The van der Waals surface area contributed by atoms with Crippen LogP contribution in [-0.4, -0.2) is 14.2 Å². The lowest BCUT2D eigenvalue weighted by Gasteiger charge is -2.23. The van der Waals surface area contributed by atoms with Gasteiger partial charge in [0.15, 0.2) is 0 Å². The Balaban J connectivity index is 2.57. The Bertz CT molecular complexity index is 595. The Labute approximate surface area is 121 Å². The molecule has 19 heavy (non-hydrogen) atoms. The molecular weight excluding hydrogens is 299 g/mol. The Hall–Kier alpha value is -0.450. The number of thiophene rings is 2. The van der Waals surface area contributed by atoms with Crippen molar-refractivity contribution in [2.24, 2.45) is 0 Å². The van der Waals surface area contributed by atoms with Gasteiger partial charge in [0.25, 0.3) is 0 Å². The molecule has 0 aliphatic heterocycles. The summed E-state index contributed by atoms with van der Waals surface area (Å²) in [6.45, 7) is 4.06. The monoisotopic (exact) mass is 316 g/mol. The van der Waals surface area contributed by atoms with Crippen molar-refractivity contribution in [3.8, 4) is 0 Å². The first kappa shape index (κ1) is 14.9. The van der Waals surface area contributed by atoms with E-state index < -0.39 is 7.60 Å². The van der Waals surface area contributed by atoms with E-state index in [2.05, 4.69) is 0 Å². The Morgan fingerprint density at radius 3 is 2.26 bits per heavy atom. The molecule has 2 heterocycles. The van der Waals surface area contributed by atoms with Gasteiger partial charge in [0.05, 0.1) is 0 Å². The number of aryl methyl sites for hydroxylation is 2. The van der Waals surface area contributed by atoms with Crippen LogP contribution in [0.3, 0.4) is 0 Å². The zero-order valence-electron chi connectivity index (χ0n) is 11.4. The second-order valence-corrected chi connectivity index (χ2v) is 8.82. The van der Waals surface area contributed by atoms with E-state index in [4.69, 9.17) is 9.05 Å². The standard InChI is InChI=1S/C13H17O3PS2/c1-9-7-8-18-13(9)12(17(14,15-3)16-4)11-6-5-10(2)19-11/h5-8,12H,1-4H3. The van der Waals surface area contributed by atoms with Crippen LogP contribution in [0, 0.1) is 13.8 Å². The summed E-state index contributed by atoms with van der Waals surface area (Å²) in [5, 5.41) is 2.01. The lowest BCUT2D eigenvalue weighted by atomic mass is 10.2. The molecule has 0 saturated carbocycles. The lowest BCUT2D eigenvalue weighted by Crippen LogP contribution is -2.03. The predicted octanol–water partition coefficient (Wildman–Crippen LogP) is 5.00. The minimum atomic E-state index is -3.19. The molecule has 6 heteroatoms. The van der Waals surface area contributed by atoms with Gasteiger partial charge in [-0.2, -0.15) is 0 Å². The van der Waals surface area contributed by atoms with E-state index in [0.29, 0.717) is 0 Å². The van der Waals surface area contributed by atoms with Crippen LogP contribution in [0.1, 0.15) is 25.9 Å². The molecule has 104 valence electrons. The minimum absolute atomic E-state index is 0.332. The Morgan fingerprint density at radius 2 is 1.84 bits per heavy atom. The van der Waals surface area contributed by atoms with Gasteiger partial charge in [0.1, 0.15) is 5.66 Å². The van der Waals surface area contributed by atoms with Crippen LogP contribution in [-0.2, 0) is 13.6 Å². The largest absolute Gasteiger partial charge is 0.343 e. The van der Waals surface area contributed by atoms with Gasteiger partial charge in [-0.15, -0.1) is 22.7 Å². The van der Waals surface area contributed by atoms with Gasteiger partial charge < -0.3 is 9.05 Å². The van der Waals surface area contributed by atoms with E-state index in [1.54, 1.807) is 22.7 Å². The molecule has 0 fully saturated rings. The van der Waals surface area contributed by atoms with Crippen molar-refractivity contribution in [1.82, 2.24) is 0 Å². The summed E-state index contributed by atoms with van der Waals surface area (Å²) in [4.78, 5) is 3.26. The molecule has 3 nitrogen and oxygen atoms in total. The van der Waals surface area contributed by atoms with Crippen LogP contribution >= 0.6 is 30.3 Å². The maximum atomic E-state index is 12.9. The maximum Gasteiger partial charge on any atom is 0.343 e. The van der Waals surface area contributed by atoms with Gasteiger partial charge in [-0.25, -0.2) is 0 Å². The predicted molar refractivity (Wildman–Crippen MR) is 81.6 cm³/mol. The first-order chi connectivity index (χ1) is 9.01. The molecule has 1 unspecified atom stereocenters. The van der Waals surface area contributed by atoms with Crippen LogP contribution in [0.2, 0.25) is 0 Å². The molecule has 0 aromatic carbocycles. The van der Waals surface area contributed by atoms with Crippen molar-refractivity contribution in [1.29, 1.82) is 0 Å². The quantitative estimate of drug-likeness (QED) is 0.728. The summed E-state index contributed by atoms with van der Waals surface area (Å²) in [6.07, 6.45) is 0. The maximum absolute atomic E-state index is 12.9. The third-order valence-corrected chi connectivity index (χ3v) is 7.69. The van der Waals surface area contributed by atoms with Gasteiger partial charge in [0.2, 0.25) is 0 Å². The Kier molecular flexibility index (Phi) is 4.64. The summed E-state index contributed by atoms with van der Waals surface area (Å²) in [6, 6.07) is 6.07. The van der Waals surface area contributed by atoms with Crippen molar-refractivity contribution in [2.75, 3.05) is 14.2 Å². The number of hydrogen-bond donors (Lipinski definition) is 0. The van der Waals surface area contributed by atoms with Crippen molar-refractivity contribution < 1.29 is 13.6 Å². The SMILES string of the molecule is COP(=O)(OC)C(c1ccc(C)s1)c1sccc1C. The third-order valence-electron chi connectivity index (χ3n) is 3.01. The first-order valence-electron chi connectivity index (χ1n) is 5.83. The molecule has 2 aromatic rings. The summed E-state index contributed by atoms with van der Waals surface area (Å²) >= 11 is 3.23. The van der Waals surface area contributed by atoms with Gasteiger partial charge in [0, 0.05) is 28.9 Å². The zero-order valence-corrected chi connectivity index (χ0v) is 13.9. The lowest BCUT2D eigenvalue weighted by molar-refractivity contribution is 0.270. The third kappa shape index (κ3) is 2.86. The second-order valence-electron chi connectivity index (χ2n) is 4.22. The van der Waals surface area contributed by atoms with Crippen LogP contribution in [0.25, 0.3) is 0 Å². The van der Waals surface area contributed by atoms with Crippen LogP contribution in [0.4, 0.5) is 0 Å². The Morgan fingerprint density at radius 1 is 1.16 bits per heavy atom. The molecular formula is C13H17O3PS2. The molecule has 0 saturated heterocycles. The number of rotatable bonds is 5. The van der Waals surface area contributed by atoms with Gasteiger partial charge in [-0.1, -0.05) is 0 Å². The first-order valence-corrected chi connectivity index (χ1v) is 9.14. The molecule has 0 spiro atoms. The molecule has 0 amide bonds. The molecule has 0 bridgehead atoms. The van der Waals surface area contributed by atoms with E-state index in [-0.39, 0.29) is 5.66 Å². The zero-order chi connectivity index (χ0) is 14.0. The van der Waals surface area contributed by atoms with Gasteiger partial charge in [-0.05, 0) is 43.0 Å². The van der Waals surface area contributed by atoms with Crippen molar-refractivity contribution >= 4 is 30.3 Å². The fourth-order valence-corrected chi connectivity index (χ4v) is 6.43. The average Bonchev–Trinajstić information content (AvgIpc) is 3.00. The summed E-state index contributed by atoms with van der Waals surface area (Å²) in [7, 11) is -0.304. The van der Waals surface area contributed by atoms with Gasteiger partial charge in [-0.3, -0.25) is 4.57 Å². The van der Waals surface area contributed by atoms with E-state index in [1.807, 2.05) is 37.4 Å². The fraction of sp³-hybridized carbons (Fsp3) is 0.385. The van der Waals surface area contributed by atoms with Crippen molar-refractivity contribution in [2.45, 2.75) is 19.5 Å². The van der Waals surface area contributed by atoms with Crippen molar-refractivity contribution in [3.05, 3.63) is 43.8 Å². The highest BCUT2D eigenvalue weighted by Crippen LogP contribution is 2.64. The minimum Gasteiger partial charge on any atom is -0.311 e. The van der Waals surface area contributed by atoms with E-state index in [0.717, 1.165) is 15.3 Å². The molecule has 0 N–H and O–H groups in total. The topological polar surface area (TPSA) is 35.5 Å². The molecule has 2 aromatic heterocycles. The van der Waals surface area contributed by atoms with E-state index >= 15 is 0 Å². The molecule has 0 aliphatic carbocycles. The molecule has 1 atom stereocenters. The summed E-state index contributed by atoms with van der Waals surface area (Å²) in [5.41, 5.74) is 0.788. The normalized spacial score (nSPS) is 13.7. The second kappa shape index (κ2) is 5.90. The van der Waals surface area contributed by atoms with Crippen LogP contribution < -0.4 is 0 Å². The molecule has 0 radical (unpaired) electrons. The highest BCUT2D eigenvalue weighted by molar-refractivity contribution is 7.55. The smallest absolute Gasteiger partial charge is 0.311 e. The highest BCUT2D eigenvalue weighted by Gasteiger charge is 2.39. The average molecular weight is 316 g/mol. The van der Waals surface area contributed by atoms with Crippen LogP contribution in [0.15, 0.2) is 23.6 Å². The highest BCUT2D eigenvalue weighted by atomic mass is 32.1. The summed E-state index contributed by atoms with van der Waals surface area (Å²) in [5.74, 6) is 0. The molecule has 0 aliphatic rings. The van der Waals surface area contributed by atoms with Crippen LogP contribution in [0.5, 0.6) is 0 Å². The fourth-order valence-electron chi connectivity index (χ4n) is 1.98. The van der Waals surface area contributed by atoms with E-state index in [1.165, 1.54) is 19.1 Å². The van der Waals surface area contributed by atoms with Crippen molar-refractivity contribution in [3.63, 3.8) is 0 Å². The van der Waals surface area contributed by atoms with Gasteiger partial charge >= 0.3 is 7.60 Å². The summed E-state index contributed by atoms with van der Waals surface area (Å²) < 4.78 is 23.4. The number of hydrogen-bond acceptors (Lipinski definition) is 5. The van der Waals surface area contributed by atoms with E-state index in [9.17, 15) is 4.57 Å². The molecule has 2 rings (SSSR count).